The van der Waals surface area contributed by atoms with Gasteiger partial charge in [-0.2, -0.15) is 0 Å². The number of ether oxygens (including phenoxy) is 1. The predicted octanol–water partition coefficient (Wildman–Crippen LogP) is 4.63. The largest absolute Gasteiger partial charge is 0.446 e. The van der Waals surface area contributed by atoms with Gasteiger partial charge in [-0.3, -0.25) is 4.52 Å². The van der Waals surface area contributed by atoms with Crippen molar-refractivity contribution in [2.45, 2.75) is 31.6 Å². The van der Waals surface area contributed by atoms with Gasteiger partial charge in [0.25, 0.3) is 0 Å². The highest BCUT2D eigenvalue weighted by molar-refractivity contribution is 8.03. The molecular formula is C18H19ClN2O3S. The number of thioether (sulfide) groups is 1. The maximum atomic E-state index is 12.1. The van der Waals surface area contributed by atoms with Crippen LogP contribution in [-0.2, 0) is 9.67 Å². The zero-order valence-corrected chi connectivity index (χ0v) is 15.6. The minimum atomic E-state index is -0.965. The molecule has 0 amide bonds. The second-order valence-corrected chi connectivity index (χ2v) is 7.16. The van der Waals surface area contributed by atoms with Crippen molar-refractivity contribution in [1.82, 2.24) is 9.72 Å². The summed E-state index contributed by atoms with van der Waals surface area (Å²) in [5.41, 5.74) is 1.59. The minimum absolute atomic E-state index is 0.392. The second kappa shape index (κ2) is 7.64. The van der Waals surface area contributed by atoms with Gasteiger partial charge in [0.15, 0.2) is 0 Å². The third-order valence-corrected chi connectivity index (χ3v) is 5.46. The number of hydrogen-bond acceptors (Lipinski definition) is 5. The molecule has 1 aromatic carbocycles. The summed E-state index contributed by atoms with van der Waals surface area (Å²) in [7, 11) is 0. The summed E-state index contributed by atoms with van der Waals surface area (Å²) in [5.74, 6) is -0.0961. The Morgan fingerprint density at radius 2 is 2.12 bits per heavy atom. The Morgan fingerprint density at radius 1 is 1.36 bits per heavy atom. The fraction of sp³-hybridized carbons (Fsp3) is 0.333. The Balaban J connectivity index is 2.04. The fourth-order valence-electron chi connectivity index (χ4n) is 2.61. The molecule has 1 aromatic heterocycles. The highest BCUT2D eigenvalue weighted by Crippen LogP contribution is 2.47. The fourth-order valence-corrected chi connectivity index (χ4v) is 3.82. The summed E-state index contributed by atoms with van der Waals surface area (Å²) in [5, 5.41) is 6.52. The Morgan fingerprint density at radius 3 is 2.84 bits per heavy atom. The SMILES string of the molecule is CCC/C=C/COC1(c2ccc(Cl)cc2)SC=C(C)n2c1noc2=O. The van der Waals surface area contributed by atoms with E-state index >= 15 is 0 Å². The highest BCUT2D eigenvalue weighted by Gasteiger charge is 2.44. The summed E-state index contributed by atoms with van der Waals surface area (Å²) in [6.45, 7) is 4.35. The van der Waals surface area contributed by atoms with E-state index in [1.165, 1.54) is 16.3 Å². The lowest BCUT2D eigenvalue weighted by Gasteiger charge is -2.33. The molecule has 0 fully saturated rings. The van der Waals surface area contributed by atoms with Crippen molar-refractivity contribution in [3.63, 3.8) is 0 Å². The molecule has 5 nitrogen and oxygen atoms in total. The molecule has 0 saturated heterocycles. The molecule has 1 aliphatic rings. The number of aromatic nitrogens is 2. The molecule has 0 bridgehead atoms. The number of nitrogens with zero attached hydrogens (tertiary/aromatic N) is 2. The molecule has 1 aliphatic heterocycles. The van der Waals surface area contributed by atoms with Gasteiger partial charge in [-0.1, -0.05) is 66.1 Å². The molecule has 3 rings (SSSR count). The Labute approximate surface area is 155 Å². The summed E-state index contributed by atoms with van der Waals surface area (Å²) in [6.07, 6.45) is 6.14. The Hall–Kier alpha value is -1.76. The van der Waals surface area contributed by atoms with Gasteiger partial charge >= 0.3 is 5.76 Å². The van der Waals surface area contributed by atoms with E-state index in [1.54, 1.807) is 12.1 Å². The number of unbranched alkanes of at least 4 members (excludes halogenated alkanes) is 1. The van der Waals surface area contributed by atoms with Gasteiger partial charge in [0, 0.05) is 16.3 Å². The van der Waals surface area contributed by atoms with Crippen molar-refractivity contribution in [3.05, 3.63) is 68.8 Å². The van der Waals surface area contributed by atoms with Gasteiger partial charge in [-0.25, -0.2) is 9.36 Å². The maximum absolute atomic E-state index is 12.1. The number of fused-ring (bicyclic) bond motifs is 1. The van der Waals surface area contributed by atoms with Crippen LogP contribution in [0.15, 0.2) is 51.1 Å². The Kier molecular flexibility index (Phi) is 5.51. The van der Waals surface area contributed by atoms with Crippen LogP contribution in [0.25, 0.3) is 5.70 Å². The van der Waals surface area contributed by atoms with Crippen molar-refractivity contribution in [3.8, 4) is 0 Å². The van der Waals surface area contributed by atoms with Crippen LogP contribution in [0.1, 0.15) is 38.1 Å². The van der Waals surface area contributed by atoms with E-state index in [0.717, 1.165) is 24.1 Å². The average Bonchev–Trinajstić information content (AvgIpc) is 3.01. The van der Waals surface area contributed by atoms with Gasteiger partial charge in [0.05, 0.1) is 6.61 Å². The summed E-state index contributed by atoms with van der Waals surface area (Å²) in [4.78, 5) is 11.1. The molecule has 7 heteroatoms. The molecule has 1 unspecified atom stereocenters. The molecule has 132 valence electrons. The van der Waals surface area contributed by atoms with E-state index in [9.17, 15) is 4.79 Å². The van der Waals surface area contributed by atoms with Crippen molar-refractivity contribution < 1.29 is 9.26 Å². The first-order chi connectivity index (χ1) is 12.1. The monoisotopic (exact) mass is 378 g/mol. The zero-order chi connectivity index (χ0) is 17.9. The number of rotatable bonds is 6. The number of benzene rings is 1. The second-order valence-electron chi connectivity index (χ2n) is 5.68. The van der Waals surface area contributed by atoms with Crippen molar-refractivity contribution in [1.29, 1.82) is 0 Å². The van der Waals surface area contributed by atoms with Crippen LogP contribution >= 0.6 is 23.4 Å². The smallest absolute Gasteiger partial charge is 0.348 e. The van der Waals surface area contributed by atoms with Crippen molar-refractivity contribution >= 4 is 29.1 Å². The van der Waals surface area contributed by atoms with Crippen LogP contribution in [-0.4, -0.2) is 16.3 Å². The van der Waals surface area contributed by atoms with E-state index < -0.39 is 10.7 Å². The number of hydrogen-bond donors (Lipinski definition) is 0. The van der Waals surface area contributed by atoms with Gasteiger partial charge in [0.1, 0.15) is 0 Å². The lowest BCUT2D eigenvalue weighted by atomic mass is 10.1. The summed E-state index contributed by atoms with van der Waals surface area (Å²) >= 11 is 7.48. The van der Waals surface area contributed by atoms with Crippen LogP contribution in [0.4, 0.5) is 0 Å². The van der Waals surface area contributed by atoms with E-state index in [0.29, 0.717) is 17.5 Å². The molecular weight excluding hydrogens is 360 g/mol. The van der Waals surface area contributed by atoms with Crippen LogP contribution in [0, 0.1) is 0 Å². The molecule has 0 N–H and O–H groups in total. The van der Waals surface area contributed by atoms with Gasteiger partial charge in [-0.15, -0.1) is 0 Å². The summed E-state index contributed by atoms with van der Waals surface area (Å²) in [6, 6.07) is 7.35. The van der Waals surface area contributed by atoms with Crippen LogP contribution < -0.4 is 5.76 Å². The molecule has 0 spiro atoms. The molecule has 0 radical (unpaired) electrons. The van der Waals surface area contributed by atoms with Gasteiger partial charge < -0.3 is 4.74 Å². The van der Waals surface area contributed by atoms with Gasteiger partial charge in [0.2, 0.25) is 10.8 Å². The molecule has 2 aromatic rings. The minimum Gasteiger partial charge on any atom is -0.348 e. The predicted molar refractivity (Wildman–Crippen MR) is 101 cm³/mol. The first-order valence-electron chi connectivity index (χ1n) is 8.07. The van der Waals surface area contributed by atoms with E-state index in [4.69, 9.17) is 20.9 Å². The van der Waals surface area contributed by atoms with Crippen molar-refractivity contribution in [2.24, 2.45) is 0 Å². The zero-order valence-electron chi connectivity index (χ0n) is 14.1. The lowest BCUT2D eigenvalue weighted by Crippen LogP contribution is -2.35. The molecule has 1 atom stereocenters. The topological polar surface area (TPSA) is 57.3 Å². The van der Waals surface area contributed by atoms with E-state index in [1.807, 2.05) is 30.5 Å². The standard InChI is InChI=1S/C18H19ClN2O3S/c1-3-4-5-6-11-23-18(14-7-9-15(19)10-8-14)16-20-24-17(22)21(16)13(2)12-25-18/h5-10,12H,3-4,11H2,1-2H3/b6-5+. The lowest BCUT2D eigenvalue weighted by molar-refractivity contribution is 0.0642. The van der Waals surface area contributed by atoms with Gasteiger partial charge in [-0.05, 0) is 30.9 Å². The molecule has 25 heavy (non-hydrogen) atoms. The first kappa shape index (κ1) is 18.0. The highest BCUT2D eigenvalue weighted by atomic mass is 35.5. The number of halogens is 1. The van der Waals surface area contributed by atoms with Crippen molar-refractivity contribution in [2.75, 3.05) is 6.61 Å². The Bertz CT molecular complexity index is 854. The summed E-state index contributed by atoms with van der Waals surface area (Å²) < 4.78 is 12.6. The molecule has 0 aliphatic carbocycles. The quantitative estimate of drug-likeness (QED) is 0.686. The maximum Gasteiger partial charge on any atom is 0.446 e. The molecule has 2 heterocycles. The van der Waals surface area contributed by atoms with E-state index in [2.05, 4.69) is 18.2 Å². The molecule has 0 saturated carbocycles. The third-order valence-electron chi connectivity index (χ3n) is 3.88. The van der Waals surface area contributed by atoms with Crippen LogP contribution in [0.5, 0.6) is 0 Å². The average molecular weight is 379 g/mol. The van der Waals surface area contributed by atoms with Crippen LogP contribution in [0.3, 0.4) is 0 Å². The van der Waals surface area contributed by atoms with E-state index in [-0.39, 0.29) is 0 Å². The van der Waals surface area contributed by atoms with Crippen LogP contribution in [0.2, 0.25) is 5.02 Å². The normalized spacial score (nSPS) is 19.9. The first-order valence-corrected chi connectivity index (χ1v) is 9.33. The number of allylic oxidation sites excluding steroid dienone is 2. The third kappa shape index (κ3) is 3.47.